The van der Waals surface area contributed by atoms with Crippen molar-refractivity contribution in [2.45, 2.75) is 31.6 Å². The number of hydrogen-bond donors (Lipinski definition) is 2. The monoisotopic (exact) mass is 330 g/mol. The van der Waals surface area contributed by atoms with E-state index in [0.29, 0.717) is 16.9 Å². The number of anilines is 2. The summed E-state index contributed by atoms with van der Waals surface area (Å²) in [4.78, 5) is 11.6. The topological polar surface area (TPSA) is 75.3 Å². The Hall–Kier alpha value is -2.34. The fourth-order valence-electron chi connectivity index (χ4n) is 2.74. The first-order valence-corrected chi connectivity index (χ1v) is 8.93. The van der Waals surface area contributed by atoms with E-state index in [1.807, 2.05) is 32.0 Å². The summed E-state index contributed by atoms with van der Waals surface area (Å²) in [5.74, 6) is -0.116. The number of carbonyl (C=O) groups is 1. The van der Waals surface area contributed by atoms with Gasteiger partial charge < -0.3 is 5.32 Å². The van der Waals surface area contributed by atoms with E-state index in [0.717, 1.165) is 17.5 Å². The predicted octanol–water partition coefficient (Wildman–Crippen LogP) is 2.85. The molecule has 0 saturated carbocycles. The SMILES string of the molecule is CCc1cccc(C)c1NS(=O)(=O)c1ccc2c(c1)CC(=O)N2. The Morgan fingerprint density at radius 1 is 1.22 bits per heavy atom. The van der Waals surface area contributed by atoms with Crippen LogP contribution in [0, 0.1) is 6.92 Å². The Morgan fingerprint density at radius 3 is 2.74 bits per heavy atom. The van der Waals surface area contributed by atoms with E-state index in [1.165, 1.54) is 6.07 Å². The van der Waals surface area contributed by atoms with Crippen LogP contribution in [0.1, 0.15) is 23.6 Å². The van der Waals surface area contributed by atoms with Gasteiger partial charge in [-0.25, -0.2) is 8.42 Å². The van der Waals surface area contributed by atoms with Crippen molar-refractivity contribution in [1.29, 1.82) is 0 Å². The summed E-state index contributed by atoms with van der Waals surface area (Å²) in [6, 6.07) is 10.4. The lowest BCUT2D eigenvalue weighted by molar-refractivity contribution is -0.115. The zero-order valence-corrected chi connectivity index (χ0v) is 13.8. The van der Waals surface area contributed by atoms with Crippen molar-refractivity contribution in [3.05, 3.63) is 53.1 Å². The second-order valence-electron chi connectivity index (χ2n) is 5.61. The van der Waals surface area contributed by atoms with Crippen LogP contribution in [0.5, 0.6) is 0 Å². The molecule has 0 unspecified atom stereocenters. The largest absolute Gasteiger partial charge is 0.326 e. The van der Waals surface area contributed by atoms with Gasteiger partial charge in [0.1, 0.15) is 0 Å². The van der Waals surface area contributed by atoms with Crippen LogP contribution >= 0.6 is 0 Å². The molecule has 0 aliphatic carbocycles. The molecule has 0 saturated heterocycles. The van der Waals surface area contributed by atoms with Crippen LogP contribution in [-0.2, 0) is 27.7 Å². The highest BCUT2D eigenvalue weighted by Crippen LogP contribution is 2.28. The van der Waals surface area contributed by atoms with Gasteiger partial charge in [-0.2, -0.15) is 0 Å². The number of benzene rings is 2. The molecule has 2 aromatic rings. The molecule has 1 aliphatic rings. The Bertz CT molecular complexity index is 889. The van der Waals surface area contributed by atoms with Crippen LogP contribution in [0.15, 0.2) is 41.3 Å². The molecule has 3 rings (SSSR count). The zero-order valence-electron chi connectivity index (χ0n) is 13.0. The maximum absolute atomic E-state index is 12.7. The molecule has 1 aliphatic heterocycles. The first-order valence-electron chi connectivity index (χ1n) is 7.45. The fraction of sp³-hybridized carbons (Fsp3) is 0.235. The molecule has 1 amide bonds. The van der Waals surface area contributed by atoms with Crippen molar-refractivity contribution in [2.75, 3.05) is 10.0 Å². The zero-order chi connectivity index (χ0) is 16.6. The van der Waals surface area contributed by atoms with E-state index in [2.05, 4.69) is 10.0 Å². The van der Waals surface area contributed by atoms with Crippen molar-refractivity contribution >= 4 is 27.3 Å². The molecule has 2 aromatic carbocycles. The average molecular weight is 330 g/mol. The molecule has 2 N–H and O–H groups in total. The third-order valence-corrected chi connectivity index (χ3v) is 5.34. The summed E-state index contributed by atoms with van der Waals surface area (Å²) in [5, 5.41) is 2.70. The minimum Gasteiger partial charge on any atom is -0.326 e. The number of fused-ring (bicyclic) bond motifs is 1. The average Bonchev–Trinajstić information content (AvgIpc) is 2.88. The van der Waals surface area contributed by atoms with Gasteiger partial charge in [0.25, 0.3) is 10.0 Å². The summed E-state index contributed by atoms with van der Waals surface area (Å²) in [6.45, 7) is 3.86. The van der Waals surface area contributed by atoms with E-state index >= 15 is 0 Å². The first-order chi connectivity index (χ1) is 10.9. The van der Waals surface area contributed by atoms with Crippen LogP contribution in [0.2, 0.25) is 0 Å². The molecule has 23 heavy (non-hydrogen) atoms. The van der Waals surface area contributed by atoms with Crippen molar-refractivity contribution in [3.8, 4) is 0 Å². The molecule has 120 valence electrons. The molecular formula is C17H18N2O3S. The highest BCUT2D eigenvalue weighted by atomic mass is 32.2. The van der Waals surface area contributed by atoms with E-state index < -0.39 is 10.0 Å². The second-order valence-corrected chi connectivity index (χ2v) is 7.29. The Morgan fingerprint density at radius 2 is 2.00 bits per heavy atom. The number of amides is 1. The van der Waals surface area contributed by atoms with Crippen LogP contribution < -0.4 is 10.0 Å². The van der Waals surface area contributed by atoms with E-state index in [-0.39, 0.29) is 17.2 Å². The fourth-order valence-corrected chi connectivity index (χ4v) is 3.96. The highest BCUT2D eigenvalue weighted by Gasteiger charge is 2.22. The Balaban J connectivity index is 1.98. The Kier molecular flexibility index (Phi) is 3.85. The van der Waals surface area contributed by atoms with Gasteiger partial charge in [-0.05, 0) is 48.2 Å². The van der Waals surface area contributed by atoms with Gasteiger partial charge in [-0.15, -0.1) is 0 Å². The number of nitrogens with one attached hydrogen (secondary N) is 2. The van der Waals surface area contributed by atoms with Gasteiger partial charge in [-0.3, -0.25) is 9.52 Å². The van der Waals surface area contributed by atoms with E-state index in [1.54, 1.807) is 12.1 Å². The summed E-state index contributed by atoms with van der Waals surface area (Å²) < 4.78 is 28.1. The second kappa shape index (κ2) is 5.70. The maximum Gasteiger partial charge on any atom is 0.261 e. The standard InChI is InChI=1S/C17H18N2O3S/c1-3-12-6-4-5-11(2)17(12)19-23(21,22)14-7-8-15-13(9-14)10-16(20)18-15/h4-9,19H,3,10H2,1-2H3,(H,18,20). The summed E-state index contributed by atoms with van der Waals surface area (Å²) in [5.41, 5.74) is 3.85. The van der Waals surface area contributed by atoms with Gasteiger partial charge >= 0.3 is 0 Å². The van der Waals surface area contributed by atoms with Gasteiger partial charge in [0, 0.05) is 5.69 Å². The molecule has 0 aromatic heterocycles. The minimum absolute atomic E-state index is 0.116. The third kappa shape index (κ3) is 2.94. The lowest BCUT2D eigenvalue weighted by Crippen LogP contribution is -2.15. The number of rotatable bonds is 4. The predicted molar refractivity (Wildman–Crippen MR) is 90.1 cm³/mol. The normalized spacial score (nSPS) is 13.6. The number of aryl methyl sites for hydroxylation is 2. The summed E-state index contributed by atoms with van der Waals surface area (Å²) >= 11 is 0. The number of para-hydroxylation sites is 1. The van der Waals surface area contributed by atoms with E-state index in [9.17, 15) is 13.2 Å². The maximum atomic E-state index is 12.7. The molecular weight excluding hydrogens is 312 g/mol. The molecule has 0 radical (unpaired) electrons. The van der Waals surface area contributed by atoms with Gasteiger partial charge in [0.2, 0.25) is 5.91 Å². The summed E-state index contributed by atoms with van der Waals surface area (Å²) in [6.07, 6.45) is 0.950. The molecule has 0 atom stereocenters. The van der Waals surface area contributed by atoms with Gasteiger partial charge in [0.15, 0.2) is 0 Å². The summed E-state index contributed by atoms with van der Waals surface area (Å²) in [7, 11) is -3.70. The van der Waals surface area contributed by atoms with Crippen molar-refractivity contribution in [1.82, 2.24) is 0 Å². The van der Waals surface area contributed by atoms with Crippen LogP contribution in [-0.4, -0.2) is 14.3 Å². The quantitative estimate of drug-likeness (QED) is 0.905. The molecule has 5 nitrogen and oxygen atoms in total. The third-order valence-electron chi connectivity index (χ3n) is 3.99. The number of hydrogen-bond acceptors (Lipinski definition) is 3. The highest BCUT2D eigenvalue weighted by molar-refractivity contribution is 7.92. The molecule has 0 bridgehead atoms. The lowest BCUT2D eigenvalue weighted by Gasteiger charge is -2.15. The van der Waals surface area contributed by atoms with Crippen LogP contribution in [0.4, 0.5) is 11.4 Å². The van der Waals surface area contributed by atoms with Crippen molar-refractivity contribution in [3.63, 3.8) is 0 Å². The Labute approximate surface area is 135 Å². The smallest absolute Gasteiger partial charge is 0.261 e. The van der Waals surface area contributed by atoms with Crippen molar-refractivity contribution in [2.24, 2.45) is 0 Å². The minimum atomic E-state index is -3.70. The van der Waals surface area contributed by atoms with E-state index in [4.69, 9.17) is 0 Å². The van der Waals surface area contributed by atoms with Gasteiger partial charge in [0.05, 0.1) is 17.0 Å². The molecule has 6 heteroatoms. The number of sulfonamides is 1. The molecule has 0 spiro atoms. The number of carbonyl (C=O) groups excluding carboxylic acids is 1. The molecule has 1 heterocycles. The lowest BCUT2D eigenvalue weighted by atomic mass is 10.1. The molecule has 0 fully saturated rings. The van der Waals surface area contributed by atoms with Crippen LogP contribution in [0.3, 0.4) is 0 Å². The van der Waals surface area contributed by atoms with Gasteiger partial charge in [-0.1, -0.05) is 25.1 Å². The first kappa shape index (κ1) is 15.6. The van der Waals surface area contributed by atoms with Crippen LogP contribution in [0.25, 0.3) is 0 Å². The van der Waals surface area contributed by atoms with Crippen molar-refractivity contribution < 1.29 is 13.2 Å².